The van der Waals surface area contributed by atoms with Gasteiger partial charge in [-0.3, -0.25) is 0 Å². The van der Waals surface area contributed by atoms with Gasteiger partial charge in [-0.15, -0.1) is 0 Å². The second-order valence-corrected chi connectivity index (χ2v) is 4.49. The van der Waals surface area contributed by atoms with Gasteiger partial charge in [-0.05, 0) is 29.7 Å². The van der Waals surface area contributed by atoms with Crippen LogP contribution in [0.3, 0.4) is 0 Å². The van der Waals surface area contributed by atoms with Crippen molar-refractivity contribution >= 4 is 16.8 Å². The molecule has 18 heavy (non-hydrogen) atoms. The minimum absolute atomic E-state index is 0.193. The summed E-state index contributed by atoms with van der Waals surface area (Å²) in [5, 5.41) is 11.6. The maximum absolute atomic E-state index is 8.49. The fraction of sp³-hybridized carbons (Fsp3) is 0.214. The summed E-state index contributed by atoms with van der Waals surface area (Å²) in [7, 11) is 0. The zero-order valence-electron chi connectivity index (χ0n) is 9.84. The lowest BCUT2D eigenvalue weighted by Crippen LogP contribution is -1.95. The Morgan fingerprint density at radius 3 is 2.44 bits per heavy atom. The molecule has 1 heterocycles. The number of benzene rings is 1. The molecule has 0 amide bonds. The first-order valence-corrected chi connectivity index (χ1v) is 6.12. The standard InChI is InChI=1S/C14H14ClNO2/c15-14(16-17)10-12-5-3-11(4-6-12)7-8-13-2-1-9-18-13/h1-6,9,17H,7-8,10H2. The average Bonchev–Trinajstić information content (AvgIpc) is 2.91. The number of oxime groups is 1. The monoisotopic (exact) mass is 263 g/mol. The van der Waals surface area contributed by atoms with Gasteiger partial charge in [0.25, 0.3) is 0 Å². The van der Waals surface area contributed by atoms with Crippen LogP contribution in [0.25, 0.3) is 0 Å². The van der Waals surface area contributed by atoms with E-state index in [-0.39, 0.29) is 5.17 Å². The summed E-state index contributed by atoms with van der Waals surface area (Å²) >= 11 is 5.66. The molecular formula is C14H14ClNO2. The molecule has 0 aliphatic heterocycles. The smallest absolute Gasteiger partial charge is 0.149 e. The van der Waals surface area contributed by atoms with E-state index < -0.39 is 0 Å². The molecule has 0 bridgehead atoms. The van der Waals surface area contributed by atoms with Crippen LogP contribution in [-0.4, -0.2) is 10.4 Å². The van der Waals surface area contributed by atoms with Crippen molar-refractivity contribution in [2.45, 2.75) is 19.3 Å². The molecule has 1 aromatic heterocycles. The van der Waals surface area contributed by atoms with Crippen LogP contribution >= 0.6 is 11.6 Å². The first kappa shape index (κ1) is 12.7. The first-order chi connectivity index (χ1) is 8.78. The molecule has 94 valence electrons. The van der Waals surface area contributed by atoms with Gasteiger partial charge in [0.2, 0.25) is 0 Å². The average molecular weight is 264 g/mol. The number of nitrogens with zero attached hydrogens (tertiary/aromatic N) is 1. The first-order valence-electron chi connectivity index (χ1n) is 5.74. The number of aryl methyl sites for hydroxylation is 2. The minimum Gasteiger partial charge on any atom is -0.469 e. The van der Waals surface area contributed by atoms with Crippen LogP contribution in [0.15, 0.2) is 52.2 Å². The van der Waals surface area contributed by atoms with Crippen molar-refractivity contribution < 1.29 is 9.62 Å². The Morgan fingerprint density at radius 1 is 1.11 bits per heavy atom. The minimum atomic E-state index is 0.193. The van der Waals surface area contributed by atoms with Crippen LogP contribution in [0, 0.1) is 0 Å². The van der Waals surface area contributed by atoms with Gasteiger partial charge in [-0.2, -0.15) is 0 Å². The second kappa shape index (κ2) is 6.26. The molecule has 0 atom stereocenters. The highest BCUT2D eigenvalue weighted by molar-refractivity contribution is 6.65. The lowest BCUT2D eigenvalue weighted by Gasteiger charge is -2.02. The van der Waals surface area contributed by atoms with Crippen LogP contribution in [0.5, 0.6) is 0 Å². The third kappa shape index (κ3) is 3.64. The van der Waals surface area contributed by atoms with Crippen molar-refractivity contribution in [1.29, 1.82) is 0 Å². The Balaban J connectivity index is 1.91. The Bertz CT molecular complexity index is 503. The van der Waals surface area contributed by atoms with Gasteiger partial charge in [0.15, 0.2) is 0 Å². The Morgan fingerprint density at radius 2 is 1.83 bits per heavy atom. The molecule has 3 nitrogen and oxygen atoms in total. The molecule has 0 unspecified atom stereocenters. The number of furan rings is 1. The van der Waals surface area contributed by atoms with Gasteiger partial charge in [0.05, 0.1) is 6.26 Å². The second-order valence-electron chi connectivity index (χ2n) is 4.05. The maximum atomic E-state index is 8.49. The normalized spacial score (nSPS) is 11.7. The zero-order valence-corrected chi connectivity index (χ0v) is 10.6. The molecule has 2 aromatic rings. The molecule has 1 aromatic carbocycles. The molecule has 0 aliphatic carbocycles. The third-order valence-corrected chi connectivity index (χ3v) is 2.93. The number of hydrogen-bond donors (Lipinski definition) is 1. The van der Waals surface area contributed by atoms with Crippen LogP contribution in [0.1, 0.15) is 16.9 Å². The summed E-state index contributed by atoms with van der Waals surface area (Å²) in [4.78, 5) is 0. The molecule has 4 heteroatoms. The molecule has 0 saturated carbocycles. The van der Waals surface area contributed by atoms with E-state index in [1.54, 1.807) is 6.26 Å². The largest absolute Gasteiger partial charge is 0.469 e. The molecule has 0 fully saturated rings. The molecule has 0 aliphatic rings. The lowest BCUT2D eigenvalue weighted by atomic mass is 10.1. The van der Waals surface area contributed by atoms with E-state index >= 15 is 0 Å². The quantitative estimate of drug-likeness (QED) is 0.509. The number of halogens is 1. The van der Waals surface area contributed by atoms with Gasteiger partial charge in [-0.25, -0.2) is 0 Å². The van der Waals surface area contributed by atoms with Gasteiger partial charge in [-0.1, -0.05) is 41.0 Å². The van der Waals surface area contributed by atoms with E-state index in [4.69, 9.17) is 21.2 Å². The Hall–Kier alpha value is -1.74. The Labute approximate surface area is 111 Å². The number of rotatable bonds is 5. The summed E-state index contributed by atoms with van der Waals surface area (Å²) in [5.41, 5.74) is 2.27. The van der Waals surface area contributed by atoms with Crippen LogP contribution in [0.4, 0.5) is 0 Å². The third-order valence-electron chi connectivity index (χ3n) is 2.72. The fourth-order valence-corrected chi connectivity index (χ4v) is 1.90. The van der Waals surface area contributed by atoms with E-state index in [1.165, 1.54) is 5.56 Å². The summed E-state index contributed by atoms with van der Waals surface area (Å²) in [6, 6.07) is 12.0. The van der Waals surface area contributed by atoms with E-state index in [2.05, 4.69) is 17.3 Å². The molecule has 0 saturated heterocycles. The van der Waals surface area contributed by atoms with Gasteiger partial charge >= 0.3 is 0 Å². The fourth-order valence-electron chi connectivity index (χ4n) is 1.75. The van der Waals surface area contributed by atoms with Crippen molar-refractivity contribution in [2.75, 3.05) is 0 Å². The van der Waals surface area contributed by atoms with Crippen molar-refractivity contribution in [3.8, 4) is 0 Å². The zero-order chi connectivity index (χ0) is 12.8. The molecule has 0 spiro atoms. The molecule has 0 radical (unpaired) electrons. The van der Waals surface area contributed by atoms with Gasteiger partial charge < -0.3 is 9.62 Å². The highest BCUT2D eigenvalue weighted by Crippen LogP contribution is 2.11. The van der Waals surface area contributed by atoms with Crippen LogP contribution in [0.2, 0.25) is 0 Å². The van der Waals surface area contributed by atoms with Gasteiger partial charge in [0, 0.05) is 12.8 Å². The predicted molar refractivity (Wildman–Crippen MR) is 71.3 cm³/mol. The molecule has 2 rings (SSSR count). The van der Waals surface area contributed by atoms with Crippen molar-refractivity contribution in [3.63, 3.8) is 0 Å². The maximum Gasteiger partial charge on any atom is 0.149 e. The lowest BCUT2D eigenvalue weighted by molar-refractivity contribution is 0.319. The molecular weight excluding hydrogens is 250 g/mol. The van der Waals surface area contributed by atoms with E-state index in [1.807, 2.05) is 24.3 Å². The summed E-state index contributed by atoms with van der Waals surface area (Å²) in [5.74, 6) is 0.995. The summed E-state index contributed by atoms with van der Waals surface area (Å²) < 4.78 is 5.29. The van der Waals surface area contributed by atoms with Crippen molar-refractivity contribution in [2.24, 2.45) is 5.16 Å². The van der Waals surface area contributed by atoms with E-state index in [0.29, 0.717) is 6.42 Å². The molecule has 1 N–H and O–H groups in total. The highest BCUT2D eigenvalue weighted by Gasteiger charge is 2.01. The Kier molecular flexibility index (Phi) is 4.42. The van der Waals surface area contributed by atoms with Crippen LogP contribution in [-0.2, 0) is 19.3 Å². The highest BCUT2D eigenvalue weighted by atomic mass is 35.5. The van der Waals surface area contributed by atoms with Crippen LogP contribution < -0.4 is 0 Å². The van der Waals surface area contributed by atoms with E-state index in [0.717, 1.165) is 24.2 Å². The summed E-state index contributed by atoms with van der Waals surface area (Å²) in [6.07, 6.45) is 3.98. The topological polar surface area (TPSA) is 45.7 Å². The number of hydrogen-bond acceptors (Lipinski definition) is 3. The summed E-state index contributed by atoms with van der Waals surface area (Å²) in [6.45, 7) is 0. The van der Waals surface area contributed by atoms with Gasteiger partial charge in [0.1, 0.15) is 10.9 Å². The van der Waals surface area contributed by atoms with Crippen molar-refractivity contribution in [3.05, 3.63) is 59.5 Å². The van der Waals surface area contributed by atoms with Crippen molar-refractivity contribution in [1.82, 2.24) is 0 Å². The predicted octanol–water partition coefficient (Wildman–Crippen LogP) is 3.63. The SMILES string of the molecule is ON=C(Cl)Cc1ccc(CCc2ccco2)cc1. The van der Waals surface area contributed by atoms with E-state index in [9.17, 15) is 0 Å².